The van der Waals surface area contributed by atoms with Gasteiger partial charge in [0.05, 0.1) is 24.3 Å². The van der Waals surface area contributed by atoms with Crippen LogP contribution in [0, 0.1) is 5.82 Å². The highest BCUT2D eigenvalue weighted by Crippen LogP contribution is 2.31. The topological polar surface area (TPSA) is 58.2 Å². The summed E-state index contributed by atoms with van der Waals surface area (Å²) in [5.74, 6) is 0.268. The van der Waals surface area contributed by atoms with E-state index in [-0.39, 0.29) is 23.5 Å². The Morgan fingerprint density at radius 3 is 2.60 bits per heavy atom. The van der Waals surface area contributed by atoms with Crippen LogP contribution in [0.25, 0.3) is 0 Å². The van der Waals surface area contributed by atoms with E-state index in [1.54, 1.807) is 53.8 Å². The Labute approximate surface area is 182 Å². The van der Waals surface area contributed by atoms with Crippen LogP contribution < -0.4 is 0 Å². The Bertz CT molecular complexity index is 1070. The highest BCUT2D eigenvalue weighted by molar-refractivity contribution is 8.15. The van der Waals surface area contributed by atoms with E-state index in [9.17, 15) is 9.18 Å². The van der Waals surface area contributed by atoms with Crippen molar-refractivity contribution in [2.24, 2.45) is 10.2 Å². The first-order chi connectivity index (χ1) is 14.6. The fraction of sp³-hybridized carbons (Fsp3) is 0.136. The van der Waals surface area contributed by atoms with Crippen molar-refractivity contribution < 1.29 is 13.6 Å². The number of halogens is 2. The number of benzene rings is 2. The summed E-state index contributed by atoms with van der Waals surface area (Å²) in [6, 6.07) is 16.9. The van der Waals surface area contributed by atoms with Gasteiger partial charge in [-0.25, -0.2) is 4.39 Å². The SMILES string of the molecule is O=C1C(Cc2ccc(F)cc2)S/C(=N/N=C/c2ccc(Cl)cc2)N1Cc1ccco1. The summed E-state index contributed by atoms with van der Waals surface area (Å²) < 4.78 is 18.6. The van der Waals surface area contributed by atoms with Gasteiger partial charge in [0.25, 0.3) is 0 Å². The molecule has 30 heavy (non-hydrogen) atoms. The average molecular weight is 442 g/mol. The van der Waals surface area contributed by atoms with E-state index in [2.05, 4.69) is 10.2 Å². The number of thioether (sulfide) groups is 1. The van der Waals surface area contributed by atoms with Crippen molar-refractivity contribution in [3.8, 4) is 0 Å². The predicted molar refractivity (Wildman–Crippen MR) is 117 cm³/mol. The van der Waals surface area contributed by atoms with Crippen LogP contribution in [0.15, 0.2) is 81.5 Å². The molecule has 0 bridgehead atoms. The minimum atomic E-state index is -0.366. The molecule has 1 aliphatic rings. The molecule has 0 radical (unpaired) electrons. The van der Waals surface area contributed by atoms with Crippen molar-refractivity contribution in [1.29, 1.82) is 0 Å². The van der Waals surface area contributed by atoms with Gasteiger partial charge in [-0.2, -0.15) is 5.10 Å². The Kier molecular flexibility index (Phi) is 6.30. The lowest BCUT2D eigenvalue weighted by Crippen LogP contribution is -2.32. The second kappa shape index (κ2) is 9.28. The molecule has 8 heteroatoms. The number of nitrogens with zero attached hydrogens (tertiary/aromatic N) is 3. The van der Waals surface area contributed by atoms with Crippen LogP contribution in [0.3, 0.4) is 0 Å². The first kappa shape index (κ1) is 20.4. The predicted octanol–water partition coefficient (Wildman–Crippen LogP) is 5.15. The van der Waals surface area contributed by atoms with E-state index < -0.39 is 0 Å². The number of carbonyl (C=O) groups is 1. The maximum absolute atomic E-state index is 13.2. The molecule has 1 aromatic heterocycles. The van der Waals surface area contributed by atoms with Crippen molar-refractivity contribution in [2.75, 3.05) is 0 Å². The standard InChI is InChI=1S/C22H17ClFN3O2S/c23-17-7-3-16(4-8-17)13-25-26-22-27(14-19-2-1-11-29-19)21(28)20(30-22)12-15-5-9-18(24)10-6-15/h1-11,13,20H,12,14H2/b25-13+,26-22+. The molecule has 152 valence electrons. The summed E-state index contributed by atoms with van der Waals surface area (Å²) >= 11 is 7.24. The summed E-state index contributed by atoms with van der Waals surface area (Å²) in [5, 5.41) is 9.19. The smallest absolute Gasteiger partial charge is 0.242 e. The lowest BCUT2D eigenvalue weighted by Gasteiger charge is -2.14. The van der Waals surface area contributed by atoms with Crippen LogP contribution >= 0.6 is 23.4 Å². The van der Waals surface area contributed by atoms with Gasteiger partial charge in [0.15, 0.2) is 5.17 Å². The quantitative estimate of drug-likeness (QED) is 0.392. The molecule has 0 N–H and O–H groups in total. The van der Waals surface area contributed by atoms with E-state index in [4.69, 9.17) is 16.0 Å². The molecule has 3 aromatic rings. The molecule has 1 saturated heterocycles. The van der Waals surface area contributed by atoms with Gasteiger partial charge in [-0.05, 0) is 53.9 Å². The molecule has 1 fully saturated rings. The normalized spacial score (nSPS) is 18.1. The summed E-state index contributed by atoms with van der Waals surface area (Å²) in [6.45, 7) is 0.272. The minimum absolute atomic E-state index is 0.0823. The van der Waals surface area contributed by atoms with Crippen LogP contribution in [0.1, 0.15) is 16.9 Å². The molecule has 0 aliphatic carbocycles. The molecule has 5 nitrogen and oxygen atoms in total. The molecule has 4 rings (SSSR count). The third kappa shape index (κ3) is 4.98. The van der Waals surface area contributed by atoms with Gasteiger partial charge >= 0.3 is 0 Å². The molecular formula is C22H17ClFN3O2S. The fourth-order valence-corrected chi connectivity index (χ4v) is 4.21. The molecular weight excluding hydrogens is 425 g/mol. The van der Waals surface area contributed by atoms with E-state index in [1.165, 1.54) is 23.9 Å². The lowest BCUT2D eigenvalue weighted by atomic mass is 10.1. The van der Waals surface area contributed by atoms with Gasteiger partial charge in [-0.3, -0.25) is 9.69 Å². The molecule has 1 aliphatic heterocycles. The minimum Gasteiger partial charge on any atom is -0.467 e. The maximum atomic E-state index is 13.2. The summed E-state index contributed by atoms with van der Waals surface area (Å²) in [6.07, 6.45) is 3.64. The van der Waals surface area contributed by atoms with E-state index in [1.807, 2.05) is 12.1 Å². The lowest BCUT2D eigenvalue weighted by molar-refractivity contribution is -0.126. The second-order valence-electron chi connectivity index (χ2n) is 6.62. The van der Waals surface area contributed by atoms with Gasteiger partial charge in [-0.1, -0.05) is 47.6 Å². The number of amides is 1. The summed E-state index contributed by atoms with van der Waals surface area (Å²) in [4.78, 5) is 14.6. The third-order valence-electron chi connectivity index (χ3n) is 4.47. The van der Waals surface area contributed by atoms with Crippen LogP contribution in [0.5, 0.6) is 0 Å². The molecule has 0 saturated carbocycles. The van der Waals surface area contributed by atoms with Gasteiger partial charge < -0.3 is 4.42 Å². The average Bonchev–Trinajstić information content (AvgIpc) is 3.35. The van der Waals surface area contributed by atoms with Crippen LogP contribution in [-0.4, -0.2) is 27.4 Å². The van der Waals surface area contributed by atoms with Crippen molar-refractivity contribution >= 4 is 40.7 Å². The van der Waals surface area contributed by atoms with Crippen LogP contribution in [0.4, 0.5) is 4.39 Å². The largest absolute Gasteiger partial charge is 0.467 e. The Balaban J connectivity index is 1.54. The first-order valence-electron chi connectivity index (χ1n) is 9.20. The van der Waals surface area contributed by atoms with Gasteiger partial charge in [-0.15, -0.1) is 5.10 Å². The number of hydrogen-bond acceptors (Lipinski definition) is 5. The number of furan rings is 1. The number of rotatable bonds is 6. The van der Waals surface area contributed by atoms with Crippen molar-refractivity contribution in [3.63, 3.8) is 0 Å². The second-order valence-corrected chi connectivity index (χ2v) is 8.23. The zero-order valence-corrected chi connectivity index (χ0v) is 17.3. The highest BCUT2D eigenvalue weighted by Gasteiger charge is 2.38. The molecule has 2 aromatic carbocycles. The number of amidine groups is 1. The molecule has 1 atom stereocenters. The molecule has 2 heterocycles. The van der Waals surface area contributed by atoms with Crippen molar-refractivity contribution in [3.05, 3.63) is 94.7 Å². The summed E-state index contributed by atoms with van der Waals surface area (Å²) in [5.41, 5.74) is 1.73. The monoisotopic (exact) mass is 441 g/mol. The number of hydrogen-bond donors (Lipinski definition) is 0. The highest BCUT2D eigenvalue weighted by atomic mass is 35.5. The van der Waals surface area contributed by atoms with E-state index in [0.717, 1.165) is 11.1 Å². The van der Waals surface area contributed by atoms with E-state index in [0.29, 0.717) is 22.4 Å². The van der Waals surface area contributed by atoms with Gasteiger partial charge in [0, 0.05) is 5.02 Å². The number of carbonyl (C=O) groups excluding carboxylic acids is 1. The van der Waals surface area contributed by atoms with Gasteiger partial charge in [0.2, 0.25) is 5.91 Å². The zero-order valence-electron chi connectivity index (χ0n) is 15.7. The summed E-state index contributed by atoms with van der Waals surface area (Å²) in [7, 11) is 0. The molecule has 0 spiro atoms. The van der Waals surface area contributed by atoms with E-state index >= 15 is 0 Å². The van der Waals surface area contributed by atoms with Crippen LogP contribution in [0.2, 0.25) is 5.02 Å². The Morgan fingerprint density at radius 1 is 1.13 bits per heavy atom. The first-order valence-corrected chi connectivity index (χ1v) is 10.5. The zero-order chi connectivity index (χ0) is 20.9. The van der Waals surface area contributed by atoms with Crippen LogP contribution in [-0.2, 0) is 17.8 Å². The van der Waals surface area contributed by atoms with Gasteiger partial charge in [0.1, 0.15) is 11.6 Å². The Morgan fingerprint density at radius 2 is 1.90 bits per heavy atom. The molecule has 1 unspecified atom stereocenters. The Hall–Kier alpha value is -2.90. The third-order valence-corrected chi connectivity index (χ3v) is 5.89. The maximum Gasteiger partial charge on any atom is 0.242 e. The van der Waals surface area contributed by atoms with Crippen molar-refractivity contribution in [2.45, 2.75) is 18.2 Å². The van der Waals surface area contributed by atoms with Crippen molar-refractivity contribution in [1.82, 2.24) is 4.90 Å². The fourth-order valence-electron chi connectivity index (χ4n) is 2.95. The molecule has 1 amide bonds.